The SMILES string of the molecule is Cc1ccnc2c1nc(CCl)n2CC1CCSCC1. The van der Waals surface area contributed by atoms with E-state index >= 15 is 0 Å². The van der Waals surface area contributed by atoms with Crippen molar-refractivity contribution in [2.24, 2.45) is 5.92 Å². The molecule has 1 aliphatic rings. The molecule has 102 valence electrons. The third kappa shape index (κ3) is 2.61. The summed E-state index contributed by atoms with van der Waals surface area (Å²) in [5, 5.41) is 0. The minimum Gasteiger partial charge on any atom is -0.311 e. The molecule has 0 spiro atoms. The fraction of sp³-hybridized carbons (Fsp3) is 0.571. The van der Waals surface area contributed by atoms with E-state index in [2.05, 4.69) is 33.2 Å². The predicted molar refractivity (Wildman–Crippen MR) is 81.9 cm³/mol. The number of hydrogen-bond acceptors (Lipinski definition) is 3. The summed E-state index contributed by atoms with van der Waals surface area (Å²) in [6.07, 6.45) is 4.44. The summed E-state index contributed by atoms with van der Waals surface area (Å²) in [5.41, 5.74) is 3.17. The van der Waals surface area contributed by atoms with Crippen LogP contribution >= 0.6 is 23.4 Å². The van der Waals surface area contributed by atoms with E-state index in [0.717, 1.165) is 29.5 Å². The highest BCUT2D eigenvalue weighted by Crippen LogP contribution is 2.27. The lowest BCUT2D eigenvalue weighted by Gasteiger charge is -2.22. The molecule has 1 aliphatic heterocycles. The lowest BCUT2D eigenvalue weighted by atomic mass is 10.0. The van der Waals surface area contributed by atoms with Crippen LogP contribution in [0.4, 0.5) is 0 Å². The first-order chi connectivity index (χ1) is 9.29. The van der Waals surface area contributed by atoms with Crippen molar-refractivity contribution in [2.45, 2.75) is 32.2 Å². The molecular weight excluding hydrogens is 278 g/mol. The molecule has 0 radical (unpaired) electrons. The van der Waals surface area contributed by atoms with Crippen LogP contribution in [0.1, 0.15) is 24.2 Å². The maximum Gasteiger partial charge on any atom is 0.160 e. The minimum atomic E-state index is 0.456. The van der Waals surface area contributed by atoms with Crippen molar-refractivity contribution in [2.75, 3.05) is 11.5 Å². The molecule has 0 atom stereocenters. The van der Waals surface area contributed by atoms with Crippen LogP contribution < -0.4 is 0 Å². The molecule has 0 bridgehead atoms. The summed E-state index contributed by atoms with van der Waals surface area (Å²) in [4.78, 5) is 9.17. The molecule has 5 heteroatoms. The molecule has 2 aromatic rings. The van der Waals surface area contributed by atoms with Crippen molar-refractivity contribution in [1.29, 1.82) is 0 Å². The third-order valence-corrected chi connectivity index (χ3v) is 5.10. The highest BCUT2D eigenvalue weighted by atomic mass is 35.5. The fourth-order valence-electron chi connectivity index (χ4n) is 2.66. The number of aryl methyl sites for hydroxylation is 1. The van der Waals surface area contributed by atoms with Gasteiger partial charge >= 0.3 is 0 Å². The zero-order valence-corrected chi connectivity index (χ0v) is 12.7. The molecule has 1 fully saturated rings. The summed E-state index contributed by atoms with van der Waals surface area (Å²) in [6, 6.07) is 2.01. The molecule has 3 nitrogen and oxygen atoms in total. The number of hydrogen-bond donors (Lipinski definition) is 0. The minimum absolute atomic E-state index is 0.456. The Kier molecular flexibility index (Phi) is 3.99. The zero-order valence-electron chi connectivity index (χ0n) is 11.1. The maximum atomic E-state index is 6.06. The summed E-state index contributed by atoms with van der Waals surface area (Å²) < 4.78 is 2.23. The van der Waals surface area contributed by atoms with Gasteiger partial charge in [-0.2, -0.15) is 11.8 Å². The van der Waals surface area contributed by atoms with Gasteiger partial charge in [0, 0.05) is 12.7 Å². The van der Waals surface area contributed by atoms with Gasteiger partial charge in [-0.15, -0.1) is 11.6 Å². The first kappa shape index (κ1) is 13.3. The molecular formula is C14H18ClN3S. The molecule has 2 aromatic heterocycles. The van der Waals surface area contributed by atoms with Gasteiger partial charge in [0.25, 0.3) is 0 Å². The van der Waals surface area contributed by atoms with Crippen LogP contribution in [0.2, 0.25) is 0 Å². The average molecular weight is 296 g/mol. The van der Waals surface area contributed by atoms with Crippen molar-refractivity contribution in [3.63, 3.8) is 0 Å². The Balaban J connectivity index is 1.98. The number of alkyl halides is 1. The Morgan fingerprint density at radius 3 is 2.95 bits per heavy atom. The van der Waals surface area contributed by atoms with Gasteiger partial charge < -0.3 is 4.57 Å². The Bertz CT molecular complexity index is 575. The number of fused-ring (bicyclic) bond motifs is 1. The van der Waals surface area contributed by atoms with E-state index < -0.39 is 0 Å². The monoisotopic (exact) mass is 295 g/mol. The molecule has 3 rings (SSSR count). The van der Waals surface area contributed by atoms with Crippen molar-refractivity contribution in [3.8, 4) is 0 Å². The standard InChI is InChI=1S/C14H18ClN3S/c1-10-2-5-16-14-13(10)17-12(8-15)18(14)9-11-3-6-19-7-4-11/h2,5,11H,3-4,6-9H2,1H3. The summed E-state index contributed by atoms with van der Waals surface area (Å²) >= 11 is 8.12. The van der Waals surface area contributed by atoms with E-state index in [1.807, 2.05) is 12.3 Å². The molecule has 1 saturated heterocycles. The molecule has 0 N–H and O–H groups in total. The van der Waals surface area contributed by atoms with Crippen LogP contribution in [0.15, 0.2) is 12.3 Å². The highest BCUT2D eigenvalue weighted by Gasteiger charge is 2.19. The number of pyridine rings is 1. The lowest BCUT2D eigenvalue weighted by molar-refractivity contribution is 0.416. The molecule has 0 amide bonds. The van der Waals surface area contributed by atoms with Crippen LogP contribution in [0.5, 0.6) is 0 Å². The van der Waals surface area contributed by atoms with E-state index in [0.29, 0.717) is 5.88 Å². The smallest absolute Gasteiger partial charge is 0.160 e. The summed E-state index contributed by atoms with van der Waals surface area (Å²) in [7, 11) is 0. The van der Waals surface area contributed by atoms with E-state index in [1.165, 1.54) is 29.9 Å². The van der Waals surface area contributed by atoms with Crippen LogP contribution in [0.3, 0.4) is 0 Å². The normalized spacial score (nSPS) is 17.2. The van der Waals surface area contributed by atoms with Gasteiger partial charge in [-0.25, -0.2) is 9.97 Å². The Morgan fingerprint density at radius 2 is 2.21 bits per heavy atom. The van der Waals surface area contributed by atoms with Gasteiger partial charge in [-0.1, -0.05) is 0 Å². The van der Waals surface area contributed by atoms with Crippen LogP contribution in [0.25, 0.3) is 11.2 Å². The predicted octanol–water partition coefficient (Wildman–Crippen LogP) is 3.62. The zero-order chi connectivity index (χ0) is 13.2. The quantitative estimate of drug-likeness (QED) is 0.810. The molecule has 19 heavy (non-hydrogen) atoms. The first-order valence-corrected chi connectivity index (χ1v) is 8.43. The molecule has 0 aromatic carbocycles. The van der Waals surface area contributed by atoms with E-state index in [9.17, 15) is 0 Å². The number of nitrogens with zero attached hydrogens (tertiary/aromatic N) is 3. The van der Waals surface area contributed by atoms with Crippen molar-refractivity contribution < 1.29 is 0 Å². The van der Waals surface area contributed by atoms with Crippen molar-refractivity contribution >= 4 is 34.5 Å². The summed E-state index contributed by atoms with van der Waals surface area (Å²) in [5.74, 6) is 4.71. The Hall–Kier alpha value is -0.740. The van der Waals surface area contributed by atoms with E-state index in [-0.39, 0.29) is 0 Å². The summed E-state index contributed by atoms with van der Waals surface area (Å²) in [6.45, 7) is 3.09. The van der Waals surface area contributed by atoms with Crippen LogP contribution in [0, 0.1) is 12.8 Å². The lowest BCUT2D eigenvalue weighted by Crippen LogP contribution is -2.17. The second-order valence-electron chi connectivity index (χ2n) is 5.13. The number of rotatable bonds is 3. The largest absolute Gasteiger partial charge is 0.311 e. The van der Waals surface area contributed by atoms with Gasteiger partial charge in [-0.05, 0) is 48.8 Å². The van der Waals surface area contributed by atoms with Crippen LogP contribution in [-0.2, 0) is 12.4 Å². The number of imidazole rings is 1. The Morgan fingerprint density at radius 1 is 1.42 bits per heavy atom. The second kappa shape index (κ2) is 5.71. The van der Waals surface area contributed by atoms with Gasteiger partial charge in [0.15, 0.2) is 5.65 Å². The molecule has 3 heterocycles. The average Bonchev–Trinajstić information content (AvgIpc) is 2.80. The van der Waals surface area contributed by atoms with Gasteiger partial charge in [0.1, 0.15) is 11.3 Å². The van der Waals surface area contributed by atoms with Crippen molar-refractivity contribution in [1.82, 2.24) is 14.5 Å². The highest BCUT2D eigenvalue weighted by molar-refractivity contribution is 7.99. The third-order valence-electron chi connectivity index (χ3n) is 3.82. The number of halogens is 1. The topological polar surface area (TPSA) is 30.7 Å². The van der Waals surface area contributed by atoms with E-state index in [1.54, 1.807) is 0 Å². The Labute approximate surface area is 122 Å². The van der Waals surface area contributed by atoms with Crippen LogP contribution in [-0.4, -0.2) is 26.0 Å². The van der Waals surface area contributed by atoms with Crippen molar-refractivity contribution in [3.05, 3.63) is 23.7 Å². The van der Waals surface area contributed by atoms with Gasteiger partial charge in [0.05, 0.1) is 5.88 Å². The second-order valence-corrected chi connectivity index (χ2v) is 6.62. The van der Waals surface area contributed by atoms with Gasteiger partial charge in [-0.3, -0.25) is 0 Å². The number of thioether (sulfide) groups is 1. The first-order valence-electron chi connectivity index (χ1n) is 6.74. The maximum absolute atomic E-state index is 6.06. The molecule has 0 aliphatic carbocycles. The fourth-order valence-corrected chi connectivity index (χ4v) is 4.07. The molecule has 0 saturated carbocycles. The molecule has 0 unspecified atom stereocenters. The number of aromatic nitrogens is 3. The van der Waals surface area contributed by atoms with Gasteiger partial charge in [0.2, 0.25) is 0 Å². The van der Waals surface area contributed by atoms with E-state index in [4.69, 9.17) is 11.6 Å².